The van der Waals surface area contributed by atoms with Crippen LogP contribution in [-0.2, 0) is 7.05 Å². The van der Waals surface area contributed by atoms with Crippen molar-refractivity contribution in [1.82, 2.24) is 4.57 Å². The minimum absolute atomic E-state index is 0.250. The van der Waals surface area contributed by atoms with Crippen molar-refractivity contribution in [1.29, 1.82) is 0 Å². The summed E-state index contributed by atoms with van der Waals surface area (Å²) in [4.78, 5) is 0. The molecule has 0 spiro atoms. The van der Waals surface area contributed by atoms with E-state index in [1.165, 1.54) is 12.1 Å². The molecule has 0 radical (unpaired) electrons. The summed E-state index contributed by atoms with van der Waals surface area (Å²) in [5.41, 5.74) is 1.73. The van der Waals surface area contributed by atoms with Crippen LogP contribution in [0, 0.1) is 5.82 Å². The van der Waals surface area contributed by atoms with Gasteiger partial charge in [0.15, 0.2) is 0 Å². The molecule has 0 amide bonds. The Kier molecular flexibility index (Phi) is 2.04. The molecule has 0 fully saturated rings. The largest absolute Gasteiger partial charge is 0.387 e. The van der Waals surface area contributed by atoms with Crippen molar-refractivity contribution < 1.29 is 9.50 Å². The molecule has 0 aliphatic rings. The molecule has 1 N–H and O–H groups in total. The maximum absolute atomic E-state index is 12.9. The van der Waals surface area contributed by atoms with Gasteiger partial charge in [-0.3, -0.25) is 0 Å². The van der Waals surface area contributed by atoms with Gasteiger partial charge in [0, 0.05) is 23.6 Å². The fourth-order valence-corrected chi connectivity index (χ4v) is 1.74. The maximum atomic E-state index is 12.9. The Morgan fingerprint density at radius 3 is 2.71 bits per heavy atom. The van der Waals surface area contributed by atoms with Crippen LogP contribution in [0.5, 0.6) is 0 Å². The summed E-state index contributed by atoms with van der Waals surface area (Å²) in [5, 5.41) is 10.3. The third-order valence-electron chi connectivity index (χ3n) is 2.47. The summed E-state index contributed by atoms with van der Waals surface area (Å²) in [5.74, 6) is -0.250. The second-order valence-electron chi connectivity index (χ2n) is 3.51. The molecule has 0 aliphatic carbocycles. The van der Waals surface area contributed by atoms with Crippen LogP contribution in [0.15, 0.2) is 24.3 Å². The fourth-order valence-electron chi connectivity index (χ4n) is 1.74. The van der Waals surface area contributed by atoms with Crippen LogP contribution in [-0.4, -0.2) is 9.67 Å². The smallest absolute Gasteiger partial charge is 0.123 e. The molecule has 2 rings (SSSR count). The summed E-state index contributed by atoms with van der Waals surface area (Å²) >= 11 is 0. The van der Waals surface area contributed by atoms with E-state index < -0.39 is 6.10 Å². The van der Waals surface area contributed by atoms with E-state index in [-0.39, 0.29) is 5.82 Å². The third kappa shape index (κ3) is 1.30. The molecule has 14 heavy (non-hydrogen) atoms. The summed E-state index contributed by atoms with van der Waals surface area (Å²) in [7, 11) is 1.86. The molecule has 0 saturated carbocycles. The maximum Gasteiger partial charge on any atom is 0.123 e. The first-order chi connectivity index (χ1) is 6.59. The van der Waals surface area contributed by atoms with Crippen molar-refractivity contribution in [2.75, 3.05) is 0 Å². The Bertz CT molecular complexity index is 473. The molecule has 0 saturated heterocycles. The third-order valence-corrected chi connectivity index (χ3v) is 2.47. The minimum Gasteiger partial charge on any atom is -0.387 e. The van der Waals surface area contributed by atoms with Gasteiger partial charge in [-0.2, -0.15) is 0 Å². The van der Waals surface area contributed by atoms with Crippen molar-refractivity contribution in [3.8, 4) is 0 Å². The molecule has 1 atom stereocenters. The van der Waals surface area contributed by atoms with Gasteiger partial charge < -0.3 is 9.67 Å². The first kappa shape index (κ1) is 9.21. The van der Waals surface area contributed by atoms with E-state index in [9.17, 15) is 9.50 Å². The van der Waals surface area contributed by atoms with Gasteiger partial charge in [-0.05, 0) is 31.2 Å². The summed E-state index contributed by atoms with van der Waals surface area (Å²) < 4.78 is 14.8. The van der Waals surface area contributed by atoms with Gasteiger partial charge in [-0.25, -0.2) is 4.39 Å². The highest BCUT2D eigenvalue weighted by atomic mass is 19.1. The van der Waals surface area contributed by atoms with Crippen molar-refractivity contribution >= 4 is 10.9 Å². The molecule has 2 aromatic rings. The van der Waals surface area contributed by atoms with Gasteiger partial charge in [0.25, 0.3) is 0 Å². The molecule has 0 aliphatic heterocycles. The van der Waals surface area contributed by atoms with Crippen molar-refractivity contribution in [3.05, 3.63) is 35.8 Å². The number of hydrogen-bond donors (Lipinski definition) is 1. The van der Waals surface area contributed by atoms with Gasteiger partial charge in [0.05, 0.1) is 6.10 Å². The Balaban J connectivity index is 2.73. The van der Waals surface area contributed by atoms with E-state index in [4.69, 9.17) is 0 Å². The van der Waals surface area contributed by atoms with Crippen LogP contribution in [0.3, 0.4) is 0 Å². The molecule has 1 heterocycles. The Morgan fingerprint density at radius 2 is 2.07 bits per heavy atom. The SMILES string of the molecule is CC(O)c1cc2cc(F)ccc2n1C. The Labute approximate surface area is 81.6 Å². The number of rotatable bonds is 1. The van der Waals surface area contributed by atoms with Crippen LogP contribution in [0.2, 0.25) is 0 Å². The number of fused-ring (bicyclic) bond motifs is 1. The average molecular weight is 193 g/mol. The number of halogens is 1. The van der Waals surface area contributed by atoms with Gasteiger partial charge in [-0.15, -0.1) is 0 Å². The number of aryl methyl sites for hydroxylation is 1. The Hall–Kier alpha value is -1.35. The number of benzene rings is 1. The van der Waals surface area contributed by atoms with E-state index in [0.29, 0.717) is 0 Å². The van der Waals surface area contributed by atoms with E-state index >= 15 is 0 Å². The highest BCUT2D eigenvalue weighted by molar-refractivity contribution is 5.81. The molecule has 3 heteroatoms. The number of aliphatic hydroxyl groups is 1. The fraction of sp³-hybridized carbons (Fsp3) is 0.273. The van der Waals surface area contributed by atoms with Crippen LogP contribution in [0.25, 0.3) is 10.9 Å². The molecule has 1 aromatic carbocycles. The number of aromatic nitrogens is 1. The lowest BCUT2D eigenvalue weighted by molar-refractivity contribution is 0.191. The summed E-state index contributed by atoms with van der Waals surface area (Å²) in [6, 6.07) is 6.43. The van der Waals surface area contributed by atoms with Crippen molar-refractivity contribution in [2.45, 2.75) is 13.0 Å². The van der Waals surface area contributed by atoms with Crippen LogP contribution in [0.1, 0.15) is 18.7 Å². The number of aliphatic hydroxyl groups excluding tert-OH is 1. The zero-order valence-corrected chi connectivity index (χ0v) is 8.16. The first-order valence-corrected chi connectivity index (χ1v) is 4.52. The van der Waals surface area contributed by atoms with Crippen molar-refractivity contribution in [3.63, 3.8) is 0 Å². The predicted molar refractivity (Wildman–Crippen MR) is 53.5 cm³/mol. The van der Waals surface area contributed by atoms with Gasteiger partial charge in [0.2, 0.25) is 0 Å². The molecule has 0 bridgehead atoms. The molecule has 1 aromatic heterocycles. The number of nitrogens with zero attached hydrogens (tertiary/aromatic N) is 1. The Morgan fingerprint density at radius 1 is 1.36 bits per heavy atom. The van der Waals surface area contributed by atoms with E-state index in [1.54, 1.807) is 13.0 Å². The highest BCUT2D eigenvalue weighted by Crippen LogP contribution is 2.23. The first-order valence-electron chi connectivity index (χ1n) is 4.52. The highest BCUT2D eigenvalue weighted by Gasteiger charge is 2.09. The van der Waals surface area contributed by atoms with Crippen LogP contribution in [0.4, 0.5) is 4.39 Å². The quantitative estimate of drug-likeness (QED) is 0.739. The van der Waals surface area contributed by atoms with E-state index in [0.717, 1.165) is 16.6 Å². The normalized spacial score (nSPS) is 13.4. The molecular weight excluding hydrogens is 181 g/mol. The summed E-state index contributed by atoms with van der Waals surface area (Å²) in [6.45, 7) is 1.70. The average Bonchev–Trinajstić information content (AvgIpc) is 2.43. The summed E-state index contributed by atoms with van der Waals surface area (Å²) in [6.07, 6.45) is -0.532. The zero-order chi connectivity index (χ0) is 10.3. The lowest BCUT2D eigenvalue weighted by Gasteiger charge is -2.05. The number of hydrogen-bond acceptors (Lipinski definition) is 1. The molecule has 1 unspecified atom stereocenters. The second-order valence-corrected chi connectivity index (χ2v) is 3.51. The molecular formula is C11H12FNO. The van der Waals surface area contributed by atoms with E-state index in [1.807, 2.05) is 17.7 Å². The topological polar surface area (TPSA) is 25.2 Å². The molecule has 2 nitrogen and oxygen atoms in total. The van der Waals surface area contributed by atoms with Crippen LogP contribution >= 0.6 is 0 Å². The monoisotopic (exact) mass is 193 g/mol. The zero-order valence-electron chi connectivity index (χ0n) is 8.16. The molecule has 74 valence electrons. The predicted octanol–water partition coefficient (Wildman–Crippen LogP) is 2.37. The minimum atomic E-state index is -0.532. The van der Waals surface area contributed by atoms with Gasteiger partial charge in [0.1, 0.15) is 5.82 Å². The van der Waals surface area contributed by atoms with Gasteiger partial charge in [-0.1, -0.05) is 0 Å². The van der Waals surface area contributed by atoms with Crippen molar-refractivity contribution in [2.24, 2.45) is 7.05 Å². The van der Waals surface area contributed by atoms with E-state index in [2.05, 4.69) is 0 Å². The van der Waals surface area contributed by atoms with Gasteiger partial charge >= 0.3 is 0 Å². The second kappa shape index (κ2) is 3.10. The lowest BCUT2D eigenvalue weighted by atomic mass is 10.2. The van der Waals surface area contributed by atoms with Crippen LogP contribution < -0.4 is 0 Å². The lowest BCUT2D eigenvalue weighted by Crippen LogP contribution is -1.99. The standard InChI is InChI=1S/C11H12FNO/c1-7(14)11-6-8-5-9(12)3-4-10(8)13(11)2/h3-7,14H,1-2H3.